The monoisotopic (exact) mass is 229 g/mol. The molecule has 17 heavy (non-hydrogen) atoms. The normalized spacial score (nSPS) is 10.3. The summed E-state index contributed by atoms with van der Waals surface area (Å²) in [5.41, 5.74) is 3.69. The maximum atomic E-state index is 4.30. The molecule has 2 aromatic heterocycles. The third kappa shape index (κ3) is 3.21. The van der Waals surface area contributed by atoms with Gasteiger partial charge in [-0.1, -0.05) is 0 Å². The van der Waals surface area contributed by atoms with E-state index in [1.807, 2.05) is 26.8 Å². The van der Waals surface area contributed by atoms with Crippen LogP contribution in [0.1, 0.15) is 22.8 Å². The molecule has 5 heteroatoms. The van der Waals surface area contributed by atoms with Gasteiger partial charge in [0.1, 0.15) is 0 Å². The van der Waals surface area contributed by atoms with E-state index >= 15 is 0 Å². The van der Waals surface area contributed by atoms with Crippen molar-refractivity contribution in [1.29, 1.82) is 0 Å². The third-order valence-corrected chi connectivity index (χ3v) is 2.24. The second-order valence-electron chi connectivity index (χ2n) is 3.98. The Morgan fingerprint density at radius 1 is 0.941 bits per heavy atom. The molecule has 2 aromatic rings. The Hall–Kier alpha value is -2.04. The van der Waals surface area contributed by atoms with E-state index < -0.39 is 0 Å². The molecule has 0 radical (unpaired) electrons. The second kappa shape index (κ2) is 4.86. The molecule has 5 nitrogen and oxygen atoms in total. The average Bonchev–Trinajstić information content (AvgIpc) is 2.27. The summed E-state index contributed by atoms with van der Waals surface area (Å²) >= 11 is 0. The molecule has 1 N–H and O–H groups in total. The van der Waals surface area contributed by atoms with Gasteiger partial charge in [0.25, 0.3) is 0 Å². The largest absolute Gasteiger partial charge is 0.348 e. The summed E-state index contributed by atoms with van der Waals surface area (Å²) in [7, 11) is 0. The Labute approximate surface area is 100 Å². The minimum absolute atomic E-state index is 0.580. The quantitative estimate of drug-likeness (QED) is 0.869. The molecule has 0 aliphatic heterocycles. The van der Waals surface area contributed by atoms with Crippen LogP contribution in [0, 0.1) is 20.8 Å². The standard InChI is InChI=1S/C12H15N5/c1-8-4-9(2)17-12(16-8)15-7-11-6-13-10(3)5-14-11/h4-6H,7H2,1-3H3,(H,15,16,17). The van der Waals surface area contributed by atoms with Crippen LogP contribution in [0.5, 0.6) is 0 Å². The van der Waals surface area contributed by atoms with Gasteiger partial charge in [-0.05, 0) is 26.8 Å². The van der Waals surface area contributed by atoms with E-state index in [1.165, 1.54) is 0 Å². The van der Waals surface area contributed by atoms with Crippen molar-refractivity contribution in [2.75, 3.05) is 5.32 Å². The first-order valence-electron chi connectivity index (χ1n) is 5.47. The Kier molecular flexibility index (Phi) is 3.27. The van der Waals surface area contributed by atoms with Crippen LogP contribution in [-0.2, 0) is 6.54 Å². The molecule has 0 unspecified atom stereocenters. The summed E-state index contributed by atoms with van der Waals surface area (Å²) in [6.45, 7) is 6.39. The van der Waals surface area contributed by atoms with E-state index in [9.17, 15) is 0 Å². The maximum Gasteiger partial charge on any atom is 0.223 e. The van der Waals surface area contributed by atoms with Crippen molar-refractivity contribution in [3.05, 3.63) is 41.2 Å². The molecular weight excluding hydrogens is 214 g/mol. The van der Waals surface area contributed by atoms with Crippen molar-refractivity contribution in [2.24, 2.45) is 0 Å². The number of nitrogens with one attached hydrogen (secondary N) is 1. The molecule has 2 rings (SSSR count). The summed E-state index contributed by atoms with van der Waals surface area (Å²) in [6, 6.07) is 1.94. The van der Waals surface area contributed by atoms with Crippen molar-refractivity contribution in [3.63, 3.8) is 0 Å². The van der Waals surface area contributed by atoms with E-state index in [1.54, 1.807) is 12.4 Å². The van der Waals surface area contributed by atoms with Crippen molar-refractivity contribution in [3.8, 4) is 0 Å². The molecule has 2 heterocycles. The zero-order chi connectivity index (χ0) is 12.3. The summed E-state index contributed by atoms with van der Waals surface area (Å²) in [6.07, 6.45) is 3.50. The highest BCUT2D eigenvalue weighted by molar-refractivity contribution is 5.28. The van der Waals surface area contributed by atoms with E-state index in [0.717, 1.165) is 22.8 Å². The van der Waals surface area contributed by atoms with Crippen LogP contribution in [-0.4, -0.2) is 19.9 Å². The second-order valence-corrected chi connectivity index (χ2v) is 3.98. The first-order valence-corrected chi connectivity index (χ1v) is 5.47. The molecule has 88 valence electrons. The van der Waals surface area contributed by atoms with Crippen LogP contribution in [0.3, 0.4) is 0 Å². The zero-order valence-electron chi connectivity index (χ0n) is 10.2. The number of aryl methyl sites for hydroxylation is 3. The highest BCUT2D eigenvalue weighted by Crippen LogP contribution is 2.05. The highest BCUT2D eigenvalue weighted by atomic mass is 15.1. The molecule has 0 atom stereocenters. The van der Waals surface area contributed by atoms with Crippen LogP contribution >= 0.6 is 0 Å². The summed E-state index contributed by atoms with van der Waals surface area (Å²) < 4.78 is 0. The zero-order valence-corrected chi connectivity index (χ0v) is 10.2. The molecule has 0 saturated carbocycles. The van der Waals surface area contributed by atoms with Gasteiger partial charge < -0.3 is 5.32 Å². The molecule has 0 bridgehead atoms. The number of aromatic nitrogens is 4. The van der Waals surface area contributed by atoms with Gasteiger partial charge in [0, 0.05) is 17.6 Å². The van der Waals surface area contributed by atoms with E-state index in [2.05, 4.69) is 25.3 Å². The molecule has 0 aromatic carbocycles. The molecule has 0 aliphatic rings. The van der Waals surface area contributed by atoms with Gasteiger partial charge in [0.05, 0.1) is 24.1 Å². The average molecular weight is 229 g/mol. The van der Waals surface area contributed by atoms with Crippen LogP contribution < -0.4 is 5.32 Å². The number of hydrogen-bond donors (Lipinski definition) is 1. The van der Waals surface area contributed by atoms with E-state index in [0.29, 0.717) is 12.5 Å². The van der Waals surface area contributed by atoms with Crippen LogP contribution in [0.2, 0.25) is 0 Å². The predicted octanol–water partition coefficient (Wildman–Crippen LogP) is 1.80. The summed E-state index contributed by atoms with van der Waals surface area (Å²) in [5, 5.41) is 3.14. The fourth-order valence-electron chi connectivity index (χ4n) is 1.49. The minimum atomic E-state index is 0.580. The number of hydrogen-bond acceptors (Lipinski definition) is 5. The SMILES string of the molecule is Cc1cnc(CNc2nc(C)cc(C)n2)cn1. The topological polar surface area (TPSA) is 63.6 Å². The molecule has 0 amide bonds. The maximum absolute atomic E-state index is 4.30. The van der Waals surface area contributed by atoms with Gasteiger partial charge in [-0.2, -0.15) is 0 Å². The first kappa shape index (κ1) is 11.4. The van der Waals surface area contributed by atoms with E-state index in [-0.39, 0.29) is 0 Å². The molecular formula is C12H15N5. The van der Waals surface area contributed by atoms with Crippen LogP contribution in [0.4, 0.5) is 5.95 Å². The van der Waals surface area contributed by atoms with Crippen LogP contribution in [0.25, 0.3) is 0 Å². The van der Waals surface area contributed by atoms with Crippen LogP contribution in [0.15, 0.2) is 18.5 Å². The van der Waals surface area contributed by atoms with Gasteiger partial charge in [0.15, 0.2) is 0 Å². The van der Waals surface area contributed by atoms with Crippen molar-refractivity contribution >= 4 is 5.95 Å². The van der Waals surface area contributed by atoms with Crippen molar-refractivity contribution in [1.82, 2.24) is 19.9 Å². The number of nitrogens with zero attached hydrogens (tertiary/aromatic N) is 4. The van der Waals surface area contributed by atoms with Gasteiger partial charge in [-0.25, -0.2) is 9.97 Å². The van der Waals surface area contributed by atoms with Gasteiger partial charge in [-0.15, -0.1) is 0 Å². The molecule has 0 saturated heterocycles. The van der Waals surface area contributed by atoms with Crippen molar-refractivity contribution < 1.29 is 0 Å². The minimum Gasteiger partial charge on any atom is -0.348 e. The Morgan fingerprint density at radius 2 is 1.65 bits per heavy atom. The molecule has 0 spiro atoms. The molecule has 0 aliphatic carbocycles. The number of anilines is 1. The number of rotatable bonds is 3. The Morgan fingerprint density at radius 3 is 2.24 bits per heavy atom. The third-order valence-electron chi connectivity index (χ3n) is 2.24. The molecule has 0 fully saturated rings. The lowest BCUT2D eigenvalue weighted by Gasteiger charge is -2.05. The fourth-order valence-corrected chi connectivity index (χ4v) is 1.49. The summed E-state index contributed by atoms with van der Waals surface area (Å²) in [4.78, 5) is 17.0. The Balaban J connectivity index is 2.04. The predicted molar refractivity (Wildman–Crippen MR) is 65.6 cm³/mol. The fraction of sp³-hybridized carbons (Fsp3) is 0.333. The van der Waals surface area contributed by atoms with Crippen molar-refractivity contribution in [2.45, 2.75) is 27.3 Å². The summed E-state index contributed by atoms with van der Waals surface area (Å²) in [5.74, 6) is 0.630. The van der Waals surface area contributed by atoms with E-state index in [4.69, 9.17) is 0 Å². The lowest BCUT2D eigenvalue weighted by molar-refractivity contribution is 0.948. The lowest BCUT2D eigenvalue weighted by Crippen LogP contribution is -2.07. The van der Waals surface area contributed by atoms with Gasteiger partial charge in [-0.3, -0.25) is 9.97 Å². The Bertz CT molecular complexity index is 487. The highest BCUT2D eigenvalue weighted by Gasteiger charge is 2.00. The van der Waals surface area contributed by atoms with Gasteiger partial charge in [0.2, 0.25) is 5.95 Å². The smallest absolute Gasteiger partial charge is 0.223 e. The first-order chi connectivity index (χ1) is 8.13. The lowest BCUT2D eigenvalue weighted by atomic mass is 10.3. The van der Waals surface area contributed by atoms with Gasteiger partial charge >= 0.3 is 0 Å².